The number of benzene rings is 1. The fourth-order valence-corrected chi connectivity index (χ4v) is 12.6. The number of ketones is 1. The van der Waals surface area contributed by atoms with Gasteiger partial charge in [0.1, 0.15) is 5.78 Å². The fourth-order valence-electron chi connectivity index (χ4n) is 11.6. The van der Waals surface area contributed by atoms with Crippen molar-refractivity contribution in [2.45, 2.75) is 116 Å². The molecule has 1 aromatic carbocycles. The Labute approximate surface area is 275 Å². The summed E-state index contributed by atoms with van der Waals surface area (Å²) in [6.07, 6.45) is 12.6. The summed E-state index contributed by atoms with van der Waals surface area (Å²) in [5.41, 5.74) is 5.02. The maximum Gasteiger partial charge on any atom is 0.133 e. The second kappa shape index (κ2) is 12.9. The highest BCUT2D eigenvalue weighted by Gasteiger charge is 2.60. The summed E-state index contributed by atoms with van der Waals surface area (Å²) in [4.78, 5) is 15.1. The summed E-state index contributed by atoms with van der Waals surface area (Å²) in [6, 6.07) is 10.9. The topological polar surface area (TPSA) is 58.6 Å². The van der Waals surface area contributed by atoms with Crippen LogP contribution in [0.25, 0.3) is 0 Å². The van der Waals surface area contributed by atoms with E-state index in [1.54, 1.807) is 11.1 Å². The third kappa shape index (κ3) is 6.08. The predicted octanol–water partition coefficient (Wildman–Crippen LogP) is 6.93. The number of likely N-dealkylation sites (tertiary alicyclic amines) is 1. The third-order valence-electron chi connectivity index (χ3n) is 14.0. The lowest BCUT2D eigenvalue weighted by Crippen LogP contribution is -2.53. The Morgan fingerprint density at radius 1 is 1.09 bits per heavy atom. The molecule has 5 fully saturated rings. The van der Waals surface area contributed by atoms with E-state index in [9.17, 15) is 9.00 Å². The van der Waals surface area contributed by atoms with Crippen molar-refractivity contribution in [3.05, 3.63) is 47.0 Å². The van der Waals surface area contributed by atoms with Crippen LogP contribution in [-0.2, 0) is 26.8 Å². The maximum atomic E-state index is 12.7. The van der Waals surface area contributed by atoms with Crippen LogP contribution in [-0.4, -0.2) is 63.9 Å². The first-order chi connectivity index (χ1) is 21.7. The predicted molar refractivity (Wildman–Crippen MR) is 183 cm³/mol. The molecule has 45 heavy (non-hydrogen) atoms. The number of carbonyl (C=O) groups excluding carboxylic acids is 1. The van der Waals surface area contributed by atoms with Crippen molar-refractivity contribution in [2.75, 3.05) is 31.3 Å². The van der Waals surface area contributed by atoms with Crippen molar-refractivity contribution in [2.24, 2.45) is 40.9 Å². The first-order valence-corrected chi connectivity index (χ1v) is 19.9. The number of fused-ring (bicyclic) bond motifs is 6. The fraction of sp³-hybridized carbons (Fsp3) is 0.769. The molecule has 7 rings (SSSR count). The van der Waals surface area contributed by atoms with Gasteiger partial charge in [-0.25, -0.2) is 0 Å². The second-order valence-corrected chi connectivity index (χ2v) is 18.1. The highest BCUT2D eigenvalue weighted by Crippen LogP contribution is 2.65. The maximum absolute atomic E-state index is 12.7. The number of carbonyl (C=O) groups is 1. The first kappa shape index (κ1) is 32.2. The van der Waals surface area contributed by atoms with Crippen LogP contribution in [0.2, 0.25) is 0 Å². The van der Waals surface area contributed by atoms with Gasteiger partial charge in [0.2, 0.25) is 0 Å². The van der Waals surface area contributed by atoms with Crippen LogP contribution in [0.5, 0.6) is 0 Å². The Balaban J connectivity index is 0.988. The van der Waals surface area contributed by atoms with E-state index < -0.39 is 10.8 Å². The number of nitrogens with one attached hydrogen (secondary N) is 1. The Morgan fingerprint density at radius 3 is 2.73 bits per heavy atom. The van der Waals surface area contributed by atoms with Gasteiger partial charge in [0.05, 0.1) is 17.6 Å². The van der Waals surface area contributed by atoms with Crippen LogP contribution >= 0.6 is 0 Å². The van der Waals surface area contributed by atoms with Gasteiger partial charge in [0, 0.05) is 61.0 Å². The van der Waals surface area contributed by atoms with Crippen molar-refractivity contribution >= 4 is 16.6 Å². The quantitative estimate of drug-likeness (QED) is 0.248. The number of rotatable bonds is 8. The summed E-state index contributed by atoms with van der Waals surface area (Å²) >= 11 is 0. The van der Waals surface area contributed by atoms with Gasteiger partial charge in [-0.3, -0.25) is 13.9 Å². The average molecular weight is 635 g/mol. The third-order valence-corrected chi connectivity index (χ3v) is 15.2. The average Bonchev–Trinajstić information content (AvgIpc) is 3.49. The van der Waals surface area contributed by atoms with E-state index in [1.807, 2.05) is 6.07 Å². The van der Waals surface area contributed by atoms with Gasteiger partial charge in [-0.1, -0.05) is 62.2 Å². The van der Waals surface area contributed by atoms with Crippen LogP contribution < -0.4 is 5.32 Å². The van der Waals surface area contributed by atoms with Gasteiger partial charge < -0.3 is 10.1 Å². The number of hydrogen-bond donors (Lipinski definition) is 1. The van der Waals surface area contributed by atoms with E-state index in [1.165, 1.54) is 44.1 Å². The van der Waals surface area contributed by atoms with Crippen LogP contribution in [0.3, 0.4) is 0 Å². The molecule has 0 bridgehead atoms. The Bertz CT molecular complexity index is 1300. The largest absolute Gasteiger partial charge is 0.369 e. The zero-order valence-corrected chi connectivity index (χ0v) is 29.2. The van der Waals surface area contributed by atoms with Crippen LogP contribution in [0.1, 0.15) is 97.5 Å². The molecule has 1 spiro atoms. The molecule has 4 unspecified atom stereocenters. The molecule has 1 aromatic rings. The zero-order chi connectivity index (χ0) is 31.3. The van der Waals surface area contributed by atoms with Gasteiger partial charge in [0.25, 0.3) is 0 Å². The molecule has 0 amide bonds. The summed E-state index contributed by atoms with van der Waals surface area (Å²) in [7, 11) is -0.848. The lowest BCUT2D eigenvalue weighted by molar-refractivity contribution is -0.129. The van der Waals surface area contributed by atoms with Gasteiger partial charge >= 0.3 is 0 Å². The number of ether oxygens (including phenoxy) is 1. The van der Waals surface area contributed by atoms with E-state index in [0.717, 1.165) is 69.5 Å². The van der Waals surface area contributed by atoms with Gasteiger partial charge in [-0.15, -0.1) is 0 Å². The smallest absolute Gasteiger partial charge is 0.133 e. The summed E-state index contributed by atoms with van der Waals surface area (Å²) in [5.74, 6) is 5.88. The van der Waals surface area contributed by atoms with Crippen molar-refractivity contribution in [1.82, 2.24) is 10.2 Å². The number of Topliss-reactive ketones (excluding diaryl/α,β-unsaturated/α-hetero) is 1. The molecular weight excluding hydrogens is 577 g/mol. The molecule has 4 aliphatic carbocycles. The molecule has 248 valence electrons. The van der Waals surface area contributed by atoms with Gasteiger partial charge in [-0.2, -0.15) is 0 Å². The highest BCUT2D eigenvalue weighted by molar-refractivity contribution is 7.84. The van der Waals surface area contributed by atoms with Crippen molar-refractivity contribution in [3.8, 4) is 0 Å². The second-order valence-electron chi connectivity index (χ2n) is 16.5. The van der Waals surface area contributed by atoms with E-state index in [4.69, 9.17) is 4.74 Å². The number of aryl methyl sites for hydroxylation is 1. The molecule has 2 saturated heterocycles. The SMILES string of the molecule is CC1=C2C[C@H]3C(CCC4CC(=O)CC[C@@]43C)[C@@H]2CC[C@@]2(C1)OC1C[C@H](C)CN(CCNCS(=O)CCc3ccccc3)[C@H]1[C@H]2C. The minimum atomic E-state index is -0.848. The number of piperidine rings is 1. The van der Waals surface area contributed by atoms with Crippen molar-refractivity contribution in [3.63, 3.8) is 0 Å². The van der Waals surface area contributed by atoms with Crippen LogP contribution in [0.15, 0.2) is 41.5 Å². The van der Waals surface area contributed by atoms with E-state index in [2.05, 4.69) is 62.2 Å². The number of nitrogens with zero attached hydrogens (tertiary/aromatic N) is 1. The molecule has 1 N–H and O–H groups in total. The molecule has 3 saturated carbocycles. The molecule has 5 nitrogen and oxygen atoms in total. The summed E-state index contributed by atoms with van der Waals surface area (Å²) < 4.78 is 20.0. The highest BCUT2D eigenvalue weighted by atomic mass is 32.2. The number of hydrogen-bond acceptors (Lipinski definition) is 5. The minimum absolute atomic E-state index is 0.0424. The molecule has 0 radical (unpaired) electrons. The van der Waals surface area contributed by atoms with Crippen molar-refractivity contribution < 1.29 is 13.7 Å². The van der Waals surface area contributed by atoms with E-state index >= 15 is 0 Å². The van der Waals surface area contributed by atoms with Gasteiger partial charge in [0.15, 0.2) is 0 Å². The summed E-state index contributed by atoms with van der Waals surface area (Å²) in [6.45, 7) is 12.9. The molecule has 6 aliphatic rings. The van der Waals surface area contributed by atoms with E-state index in [-0.39, 0.29) is 5.60 Å². The molecule has 0 aromatic heterocycles. The summed E-state index contributed by atoms with van der Waals surface area (Å²) in [5, 5.41) is 3.54. The van der Waals surface area contributed by atoms with Crippen LogP contribution in [0, 0.1) is 40.9 Å². The zero-order valence-electron chi connectivity index (χ0n) is 28.4. The Morgan fingerprint density at radius 2 is 1.91 bits per heavy atom. The standard InChI is InChI=1S/C39H58N2O3S/c1-26-20-36-37(41(24-26)18-17-40-25-45(43)19-14-29-8-6-5-7-9-29)28(3)39(44-36)16-13-32-33-11-10-30-21-31(42)12-15-38(30,4)35(33)22-34(32)27(2)23-39/h5-9,26,28,30,32-33,35-37,40H,10-25H2,1-4H3/t26-,28+,30?,32-,33?,35-,36?,37-,38-,39-,45?/m0/s1. The van der Waals surface area contributed by atoms with Crippen LogP contribution in [0.4, 0.5) is 0 Å². The molecule has 6 heteroatoms. The lowest BCUT2D eigenvalue weighted by Gasteiger charge is -2.52. The Kier molecular flexibility index (Phi) is 9.26. The first-order valence-electron chi connectivity index (χ1n) is 18.4. The van der Waals surface area contributed by atoms with Crippen molar-refractivity contribution in [1.29, 1.82) is 0 Å². The monoisotopic (exact) mass is 634 g/mol. The van der Waals surface area contributed by atoms with E-state index in [0.29, 0.717) is 52.7 Å². The number of allylic oxidation sites excluding steroid dienone is 1. The normalized spacial score (nSPS) is 42.2. The van der Waals surface area contributed by atoms with Gasteiger partial charge in [-0.05, 0) is 105 Å². The molecular formula is C39H58N2O3S. The Hall–Kier alpha value is -1.34. The molecule has 11 atom stereocenters. The molecule has 2 aliphatic heterocycles. The molecule has 2 heterocycles. The lowest BCUT2D eigenvalue weighted by atomic mass is 9.52. The minimum Gasteiger partial charge on any atom is -0.369 e.